The van der Waals surface area contributed by atoms with Crippen LogP contribution < -0.4 is 10.9 Å². The van der Waals surface area contributed by atoms with E-state index in [1.807, 2.05) is 0 Å². The fourth-order valence-electron chi connectivity index (χ4n) is 2.05. The van der Waals surface area contributed by atoms with Crippen LogP contribution in [0.5, 0.6) is 0 Å². The highest BCUT2D eigenvalue weighted by Gasteiger charge is 2.34. The summed E-state index contributed by atoms with van der Waals surface area (Å²) in [6.07, 6.45) is -4.25. The Kier molecular flexibility index (Phi) is 5.85. The summed E-state index contributed by atoms with van der Waals surface area (Å²) in [6.45, 7) is 0. The predicted molar refractivity (Wildman–Crippen MR) is 82.1 cm³/mol. The lowest BCUT2D eigenvalue weighted by Crippen LogP contribution is -2.22. The Morgan fingerprint density at radius 1 is 1.04 bits per heavy atom. The van der Waals surface area contributed by atoms with E-state index >= 15 is 0 Å². The van der Waals surface area contributed by atoms with E-state index in [0.29, 0.717) is 24.4 Å². The quantitative estimate of drug-likeness (QED) is 0.326. The summed E-state index contributed by atoms with van der Waals surface area (Å²) in [4.78, 5) is 23.0. The number of hydrazone groups is 1. The Morgan fingerprint density at radius 2 is 1.63 bits per heavy atom. The van der Waals surface area contributed by atoms with E-state index in [0.717, 1.165) is 12.1 Å². The zero-order valence-corrected chi connectivity index (χ0v) is 13.1. The van der Waals surface area contributed by atoms with Gasteiger partial charge in [-0.15, -0.1) is 0 Å². The SMILES string of the molecule is O=C(NO)c1cc(F)c(C=NNC(=O)c2ccccc2C(F)(F)F)c(F)c1. The molecule has 0 spiro atoms. The maximum absolute atomic E-state index is 13.8. The molecule has 2 rings (SSSR count). The van der Waals surface area contributed by atoms with Gasteiger partial charge < -0.3 is 0 Å². The van der Waals surface area contributed by atoms with Crippen LogP contribution in [0.15, 0.2) is 41.5 Å². The van der Waals surface area contributed by atoms with Gasteiger partial charge >= 0.3 is 6.18 Å². The molecule has 27 heavy (non-hydrogen) atoms. The lowest BCUT2D eigenvalue weighted by atomic mass is 10.1. The number of nitrogens with one attached hydrogen (secondary N) is 2. The molecule has 0 atom stereocenters. The van der Waals surface area contributed by atoms with Crippen LogP contribution in [0.4, 0.5) is 22.0 Å². The molecule has 2 amide bonds. The molecule has 6 nitrogen and oxygen atoms in total. The van der Waals surface area contributed by atoms with E-state index in [-0.39, 0.29) is 0 Å². The van der Waals surface area contributed by atoms with Crippen LogP contribution in [0.3, 0.4) is 0 Å². The third-order valence-corrected chi connectivity index (χ3v) is 3.28. The average Bonchev–Trinajstić information content (AvgIpc) is 2.62. The number of amides is 2. The second-order valence-electron chi connectivity index (χ2n) is 5.04. The highest BCUT2D eigenvalue weighted by atomic mass is 19.4. The zero-order valence-electron chi connectivity index (χ0n) is 13.1. The van der Waals surface area contributed by atoms with Crippen molar-refractivity contribution < 1.29 is 36.7 Å². The normalized spacial score (nSPS) is 11.5. The van der Waals surface area contributed by atoms with Gasteiger partial charge in [-0.1, -0.05) is 12.1 Å². The fraction of sp³-hybridized carbons (Fsp3) is 0.0625. The average molecular weight is 387 g/mol. The first-order valence-electron chi connectivity index (χ1n) is 7.08. The number of rotatable bonds is 4. The van der Waals surface area contributed by atoms with Crippen molar-refractivity contribution >= 4 is 18.0 Å². The molecule has 0 bridgehead atoms. The molecule has 0 radical (unpaired) electrons. The molecule has 0 aliphatic carbocycles. The first-order valence-corrected chi connectivity index (χ1v) is 7.08. The number of nitrogens with zero attached hydrogens (tertiary/aromatic N) is 1. The van der Waals surface area contributed by atoms with Gasteiger partial charge in [0, 0.05) is 5.56 Å². The number of alkyl halides is 3. The number of hydroxylamine groups is 1. The molecule has 0 fully saturated rings. The molecule has 0 aliphatic rings. The van der Waals surface area contributed by atoms with Crippen LogP contribution in [0.1, 0.15) is 31.8 Å². The molecule has 0 saturated carbocycles. The van der Waals surface area contributed by atoms with Gasteiger partial charge in [-0.2, -0.15) is 18.3 Å². The smallest absolute Gasteiger partial charge is 0.288 e. The molecule has 3 N–H and O–H groups in total. The van der Waals surface area contributed by atoms with Crippen molar-refractivity contribution in [3.8, 4) is 0 Å². The van der Waals surface area contributed by atoms with E-state index in [1.165, 1.54) is 11.5 Å². The monoisotopic (exact) mass is 387 g/mol. The first kappa shape index (κ1) is 20.0. The molecule has 2 aromatic carbocycles. The third kappa shape index (κ3) is 4.64. The number of hydrogen-bond acceptors (Lipinski definition) is 4. The second kappa shape index (κ2) is 7.91. The molecule has 0 unspecified atom stereocenters. The van der Waals surface area contributed by atoms with Gasteiger partial charge in [0.25, 0.3) is 11.8 Å². The van der Waals surface area contributed by atoms with E-state index in [9.17, 15) is 31.5 Å². The fourth-order valence-corrected chi connectivity index (χ4v) is 2.05. The van der Waals surface area contributed by atoms with Crippen molar-refractivity contribution in [1.82, 2.24) is 10.9 Å². The summed E-state index contributed by atoms with van der Waals surface area (Å²) < 4.78 is 66.2. The molecule has 142 valence electrons. The summed E-state index contributed by atoms with van der Waals surface area (Å²) in [5.74, 6) is -4.89. The maximum atomic E-state index is 13.8. The lowest BCUT2D eigenvalue weighted by molar-refractivity contribution is -0.137. The van der Waals surface area contributed by atoms with Crippen LogP contribution in [0, 0.1) is 11.6 Å². The minimum Gasteiger partial charge on any atom is -0.288 e. The Balaban J connectivity index is 2.22. The third-order valence-electron chi connectivity index (χ3n) is 3.28. The van der Waals surface area contributed by atoms with Gasteiger partial charge in [0.1, 0.15) is 11.6 Å². The molecule has 0 heterocycles. The molecule has 2 aromatic rings. The van der Waals surface area contributed by atoms with E-state index in [1.54, 1.807) is 5.43 Å². The molecular weight excluding hydrogens is 377 g/mol. The Bertz CT molecular complexity index is 889. The van der Waals surface area contributed by atoms with Crippen LogP contribution in [0.25, 0.3) is 0 Å². The number of hydrogen-bond donors (Lipinski definition) is 3. The lowest BCUT2D eigenvalue weighted by Gasteiger charge is -2.11. The number of carbonyl (C=O) groups is 2. The number of carbonyl (C=O) groups excluding carboxylic acids is 2. The van der Waals surface area contributed by atoms with Crippen LogP contribution in [0.2, 0.25) is 0 Å². The standard InChI is InChI=1S/C16H10F5N3O3/c17-12-5-8(14(25)24-27)6-13(18)10(12)7-22-23-15(26)9-3-1-2-4-11(9)16(19,20)21/h1-7,27H,(H,23,26)(H,24,25). The minimum absolute atomic E-state index is 0.521. The van der Waals surface area contributed by atoms with Crippen molar-refractivity contribution in [2.75, 3.05) is 0 Å². The largest absolute Gasteiger partial charge is 0.417 e. The van der Waals surface area contributed by atoms with Crippen molar-refractivity contribution in [1.29, 1.82) is 0 Å². The van der Waals surface area contributed by atoms with Gasteiger partial charge in [-0.3, -0.25) is 14.8 Å². The Morgan fingerprint density at radius 3 is 2.19 bits per heavy atom. The summed E-state index contributed by atoms with van der Waals surface area (Å²) in [7, 11) is 0. The van der Waals surface area contributed by atoms with Crippen molar-refractivity contribution in [3.63, 3.8) is 0 Å². The van der Waals surface area contributed by atoms with E-state index in [4.69, 9.17) is 5.21 Å². The van der Waals surface area contributed by atoms with Gasteiger partial charge in [-0.25, -0.2) is 19.7 Å². The highest BCUT2D eigenvalue weighted by molar-refractivity contribution is 5.97. The van der Waals surface area contributed by atoms with Crippen LogP contribution in [-0.2, 0) is 6.18 Å². The summed E-state index contributed by atoms with van der Waals surface area (Å²) in [6, 6.07) is 5.10. The topological polar surface area (TPSA) is 90.8 Å². The molecular formula is C16H10F5N3O3. The van der Waals surface area contributed by atoms with Gasteiger partial charge in [0.15, 0.2) is 0 Å². The van der Waals surface area contributed by atoms with Gasteiger partial charge in [0.05, 0.1) is 22.9 Å². The second-order valence-corrected chi connectivity index (χ2v) is 5.04. The predicted octanol–water partition coefficient (Wildman–Crippen LogP) is 2.87. The number of halogens is 5. The van der Waals surface area contributed by atoms with Crippen molar-refractivity contribution in [2.24, 2.45) is 5.10 Å². The van der Waals surface area contributed by atoms with Gasteiger partial charge in [0.2, 0.25) is 0 Å². The summed E-state index contributed by atoms with van der Waals surface area (Å²) >= 11 is 0. The Hall–Kier alpha value is -3.34. The minimum atomic E-state index is -4.78. The van der Waals surface area contributed by atoms with E-state index < -0.39 is 51.9 Å². The number of benzene rings is 2. The zero-order chi connectivity index (χ0) is 20.2. The van der Waals surface area contributed by atoms with Gasteiger partial charge in [-0.05, 0) is 24.3 Å². The van der Waals surface area contributed by atoms with Crippen LogP contribution in [-0.4, -0.2) is 23.2 Å². The molecule has 0 aliphatic heterocycles. The van der Waals surface area contributed by atoms with Crippen LogP contribution >= 0.6 is 0 Å². The van der Waals surface area contributed by atoms with E-state index in [2.05, 4.69) is 5.10 Å². The Labute approximate surface area is 148 Å². The maximum Gasteiger partial charge on any atom is 0.417 e. The van der Waals surface area contributed by atoms with Crippen molar-refractivity contribution in [3.05, 3.63) is 70.3 Å². The summed E-state index contributed by atoms with van der Waals surface area (Å²) in [5.41, 5.74) is -0.265. The first-order chi connectivity index (χ1) is 12.6. The molecule has 0 aromatic heterocycles. The summed E-state index contributed by atoms with van der Waals surface area (Å²) in [5, 5.41) is 11.7. The molecule has 11 heteroatoms. The highest BCUT2D eigenvalue weighted by Crippen LogP contribution is 2.31. The van der Waals surface area contributed by atoms with Crippen molar-refractivity contribution in [2.45, 2.75) is 6.18 Å². The molecule has 0 saturated heterocycles.